The molecule has 0 amide bonds. The summed E-state index contributed by atoms with van der Waals surface area (Å²) in [5.74, 6) is 0.130. The van der Waals surface area contributed by atoms with Gasteiger partial charge in [0.25, 0.3) is 0 Å². The van der Waals surface area contributed by atoms with Crippen molar-refractivity contribution in [2.75, 3.05) is 6.61 Å². The molecule has 0 atom stereocenters. The molecule has 0 saturated heterocycles. The number of pyridine rings is 1. The predicted octanol–water partition coefficient (Wildman–Crippen LogP) is 2.78. The number of rotatable bonds is 4. The van der Waals surface area contributed by atoms with Crippen LogP contribution in [0.15, 0.2) is 22.9 Å². The molecule has 5 heteroatoms. The maximum absolute atomic E-state index is 12.0. The highest BCUT2D eigenvalue weighted by molar-refractivity contribution is 5.97. The molecule has 0 spiro atoms. The number of nitrogens with zero attached hydrogens (tertiary/aromatic N) is 2. The number of aromatic nitrogens is 2. The van der Waals surface area contributed by atoms with Gasteiger partial charge >= 0.3 is 5.97 Å². The third-order valence-corrected chi connectivity index (χ3v) is 2.75. The van der Waals surface area contributed by atoms with E-state index in [1.54, 1.807) is 13.1 Å². The molecule has 0 aliphatic carbocycles. The Morgan fingerprint density at radius 1 is 1.37 bits per heavy atom. The van der Waals surface area contributed by atoms with Crippen LogP contribution in [0.25, 0.3) is 11.3 Å². The van der Waals surface area contributed by atoms with Gasteiger partial charge in [0, 0.05) is 23.9 Å². The molecule has 19 heavy (non-hydrogen) atoms. The Bertz CT molecular complexity index is 573. The van der Waals surface area contributed by atoms with E-state index in [0.29, 0.717) is 30.0 Å². The summed E-state index contributed by atoms with van der Waals surface area (Å²) in [5.41, 5.74) is 2.54. The number of aryl methyl sites for hydroxylation is 2. The van der Waals surface area contributed by atoms with Crippen molar-refractivity contribution in [2.45, 2.75) is 27.2 Å². The monoisotopic (exact) mass is 260 g/mol. The van der Waals surface area contributed by atoms with Crippen LogP contribution in [0.1, 0.15) is 35.7 Å². The summed E-state index contributed by atoms with van der Waals surface area (Å²) in [6.07, 6.45) is 2.26. The lowest BCUT2D eigenvalue weighted by Gasteiger charge is -2.03. The normalized spacial score (nSPS) is 10.5. The van der Waals surface area contributed by atoms with Crippen molar-refractivity contribution >= 4 is 5.97 Å². The fourth-order valence-electron chi connectivity index (χ4n) is 1.78. The Kier molecular flexibility index (Phi) is 3.94. The first kappa shape index (κ1) is 13.3. The second-order valence-corrected chi connectivity index (χ2v) is 4.09. The van der Waals surface area contributed by atoms with E-state index in [2.05, 4.69) is 10.1 Å². The minimum Gasteiger partial charge on any atom is -0.462 e. The van der Waals surface area contributed by atoms with Crippen LogP contribution >= 0.6 is 0 Å². The topological polar surface area (TPSA) is 65.2 Å². The second-order valence-electron chi connectivity index (χ2n) is 4.09. The van der Waals surface area contributed by atoms with Gasteiger partial charge in [0.05, 0.1) is 6.61 Å². The first-order valence-corrected chi connectivity index (χ1v) is 6.26. The lowest BCUT2D eigenvalue weighted by Crippen LogP contribution is -2.07. The number of carbonyl (C=O) groups excluding carboxylic acids is 1. The van der Waals surface area contributed by atoms with E-state index in [-0.39, 0.29) is 0 Å². The van der Waals surface area contributed by atoms with Gasteiger partial charge in [0.1, 0.15) is 11.3 Å². The van der Waals surface area contributed by atoms with Crippen LogP contribution in [0.3, 0.4) is 0 Å². The van der Waals surface area contributed by atoms with Crippen molar-refractivity contribution in [3.63, 3.8) is 0 Å². The zero-order valence-electron chi connectivity index (χ0n) is 11.3. The van der Waals surface area contributed by atoms with Crippen molar-refractivity contribution in [3.05, 3.63) is 35.3 Å². The molecule has 0 aromatic carbocycles. The Morgan fingerprint density at radius 2 is 2.16 bits per heavy atom. The first-order valence-electron chi connectivity index (χ1n) is 6.26. The average molecular weight is 260 g/mol. The zero-order valence-corrected chi connectivity index (χ0v) is 11.3. The van der Waals surface area contributed by atoms with Crippen LogP contribution in [-0.2, 0) is 11.2 Å². The summed E-state index contributed by atoms with van der Waals surface area (Å²) >= 11 is 0. The molecule has 0 aliphatic rings. The highest BCUT2D eigenvalue weighted by Gasteiger charge is 2.24. The van der Waals surface area contributed by atoms with Crippen LogP contribution in [0.5, 0.6) is 0 Å². The fraction of sp³-hybridized carbons (Fsp3) is 0.357. The maximum atomic E-state index is 12.0. The lowest BCUT2D eigenvalue weighted by molar-refractivity contribution is 0.0524. The third kappa shape index (κ3) is 2.65. The molecule has 2 aromatic heterocycles. The SMILES string of the molecule is CCOC(=O)c1c(-c2ccc(C)nc2)noc1CC. The number of esters is 1. The fourth-order valence-corrected chi connectivity index (χ4v) is 1.78. The van der Waals surface area contributed by atoms with E-state index >= 15 is 0 Å². The van der Waals surface area contributed by atoms with E-state index in [0.717, 1.165) is 11.3 Å². The van der Waals surface area contributed by atoms with E-state index in [9.17, 15) is 4.79 Å². The molecule has 100 valence electrons. The zero-order chi connectivity index (χ0) is 13.8. The van der Waals surface area contributed by atoms with Gasteiger partial charge in [-0.3, -0.25) is 4.98 Å². The van der Waals surface area contributed by atoms with E-state index in [1.165, 1.54) is 0 Å². The summed E-state index contributed by atoms with van der Waals surface area (Å²) in [6, 6.07) is 3.73. The van der Waals surface area contributed by atoms with Crippen LogP contribution in [-0.4, -0.2) is 22.7 Å². The highest BCUT2D eigenvalue weighted by atomic mass is 16.5. The molecule has 5 nitrogen and oxygen atoms in total. The average Bonchev–Trinajstić information content (AvgIpc) is 2.83. The molecule has 0 radical (unpaired) electrons. The molecule has 2 heterocycles. The van der Waals surface area contributed by atoms with Gasteiger partial charge in [0.15, 0.2) is 5.76 Å². The molecule has 0 bridgehead atoms. The van der Waals surface area contributed by atoms with E-state index in [1.807, 2.05) is 26.0 Å². The standard InChI is InChI=1S/C14H16N2O3/c1-4-11-12(14(17)18-5-2)13(16-19-11)10-7-6-9(3)15-8-10/h6-8H,4-5H2,1-3H3. The molecule has 0 unspecified atom stereocenters. The Balaban J connectivity index is 2.48. The summed E-state index contributed by atoms with van der Waals surface area (Å²) < 4.78 is 10.3. The predicted molar refractivity (Wildman–Crippen MR) is 69.8 cm³/mol. The Morgan fingerprint density at radius 3 is 2.74 bits per heavy atom. The van der Waals surface area contributed by atoms with Gasteiger partial charge in [-0.15, -0.1) is 0 Å². The minimum atomic E-state index is -0.406. The third-order valence-electron chi connectivity index (χ3n) is 2.75. The van der Waals surface area contributed by atoms with Gasteiger partial charge in [-0.2, -0.15) is 0 Å². The maximum Gasteiger partial charge on any atom is 0.344 e. The van der Waals surface area contributed by atoms with Crippen LogP contribution < -0.4 is 0 Å². The molecule has 2 rings (SSSR count). The number of carbonyl (C=O) groups is 1. The smallest absolute Gasteiger partial charge is 0.344 e. The molecule has 2 aromatic rings. The summed E-state index contributed by atoms with van der Waals surface area (Å²) in [4.78, 5) is 16.2. The van der Waals surface area contributed by atoms with Gasteiger partial charge in [0.2, 0.25) is 0 Å². The van der Waals surface area contributed by atoms with Gasteiger partial charge in [-0.25, -0.2) is 4.79 Å². The Hall–Kier alpha value is -2.17. The van der Waals surface area contributed by atoms with Crippen molar-refractivity contribution in [3.8, 4) is 11.3 Å². The molecular weight excluding hydrogens is 244 g/mol. The van der Waals surface area contributed by atoms with Gasteiger partial charge < -0.3 is 9.26 Å². The first-order chi connectivity index (χ1) is 9.17. The molecule has 0 fully saturated rings. The van der Waals surface area contributed by atoms with Gasteiger partial charge in [-0.1, -0.05) is 12.1 Å². The van der Waals surface area contributed by atoms with Crippen molar-refractivity contribution in [1.29, 1.82) is 0 Å². The number of hydrogen-bond donors (Lipinski definition) is 0. The largest absolute Gasteiger partial charge is 0.462 e. The van der Waals surface area contributed by atoms with Crippen molar-refractivity contribution in [1.82, 2.24) is 10.1 Å². The second kappa shape index (κ2) is 5.65. The number of ether oxygens (including phenoxy) is 1. The quantitative estimate of drug-likeness (QED) is 0.791. The molecular formula is C14H16N2O3. The van der Waals surface area contributed by atoms with Crippen molar-refractivity contribution in [2.24, 2.45) is 0 Å². The van der Waals surface area contributed by atoms with E-state index < -0.39 is 5.97 Å². The highest BCUT2D eigenvalue weighted by Crippen LogP contribution is 2.26. The molecule has 0 N–H and O–H groups in total. The van der Waals surface area contributed by atoms with E-state index in [4.69, 9.17) is 9.26 Å². The minimum absolute atomic E-state index is 0.318. The van der Waals surface area contributed by atoms with Crippen LogP contribution in [0.2, 0.25) is 0 Å². The summed E-state index contributed by atoms with van der Waals surface area (Å²) in [6.45, 7) is 5.89. The molecule has 0 aliphatic heterocycles. The molecule has 0 saturated carbocycles. The van der Waals surface area contributed by atoms with Crippen LogP contribution in [0.4, 0.5) is 0 Å². The van der Waals surface area contributed by atoms with Crippen LogP contribution in [0, 0.1) is 6.92 Å². The van der Waals surface area contributed by atoms with Crippen molar-refractivity contribution < 1.29 is 14.1 Å². The van der Waals surface area contributed by atoms with Gasteiger partial charge in [-0.05, 0) is 26.0 Å². The Labute approximate surface area is 111 Å². The lowest BCUT2D eigenvalue weighted by atomic mass is 10.1. The summed E-state index contributed by atoms with van der Waals surface area (Å²) in [7, 11) is 0. The summed E-state index contributed by atoms with van der Waals surface area (Å²) in [5, 5.41) is 3.97. The number of hydrogen-bond acceptors (Lipinski definition) is 5.